The lowest BCUT2D eigenvalue weighted by atomic mass is 9.89. The molecule has 0 amide bonds. The molecule has 0 unspecified atom stereocenters. The van der Waals surface area contributed by atoms with Crippen molar-refractivity contribution in [2.45, 2.75) is 40.3 Å². The third-order valence-corrected chi connectivity index (χ3v) is 6.33. The Morgan fingerprint density at radius 3 is 2.81 bits per heavy atom. The van der Waals surface area contributed by atoms with Gasteiger partial charge < -0.3 is 14.2 Å². The summed E-state index contributed by atoms with van der Waals surface area (Å²) in [7, 11) is 3.74. The topological polar surface area (TPSA) is 61.0 Å². The fourth-order valence-electron chi connectivity index (χ4n) is 3.99. The van der Waals surface area contributed by atoms with Crippen molar-refractivity contribution in [3.8, 4) is 17.1 Å². The maximum absolute atomic E-state index is 6.34. The van der Waals surface area contributed by atoms with Gasteiger partial charge in [0.1, 0.15) is 18.6 Å². The summed E-state index contributed by atoms with van der Waals surface area (Å²) in [6.45, 7) is 13.0. The first kappa shape index (κ1) is 21.6. The number of hydrogen-bond acceptors (Lipinski definition) is 5. The van der Waals surface area contributed by atoms with E-state index in [1.165, 1.54) is 0 Å². The smallest absolute Gasteiger partial charge is 0.166 e. The second-order valence-corrected chi connectivity index (χ2v) is 9.29. The van der Waals surface area contributed by atoms with Crippen molar-refractivity contribution < 1.29 is 4.74 Å². The number of nitrogens with zero attached hydrogens (tertiary/aromatic N) is 6. The maximum atomic E-state index is 6.34. The first-order chi connectivity index (χ1) is 14.8. The van der Waals surface area contributed by atoms with Gasteiger partial charge in [-0.05, 0) is 30.0 Å². The van der Waals surface area contributed by atoms with E-state index in [0.717, 1.165) is 53.0 Å². The molecule has 7 nitrogen and oxygen atoms in total. The second kappa shape index (κ2) is 8.13. The van der Waals surface area contributed by atoms with E-state index < -0.39 is 0 Å². The minimum absolute atomic E-state index is 0.185. The fourth-order valence-corrected chi connectivity index (χ4v) is 4.16. The van der Waals surface area contributed by atoms with Crippen molar-refractivity contribution in [1.82, 2.24) is 29.2 Å². The Morgan fingerprint density at radius 2 is 2.10 bits per heavy atom. The minimum atomic E-state index is 0.185. The van der Waals surface area contributed by atoms with Crippen LogP contribution in [0.2, 0.25) is 5.02 Å². The number of halogens is 1. The third-order valence-electron chi connectivity index (χ3n) is 6.09. The van der Waals surface area contributed by atoms with Gasteiger partial charge in [0.05, 0.1) is 23.6 Å². The number of imidazole rings is 1. The van der Waals surface area contributed by atoms with Crippen LogP contribution in [0.15, 0.2) is 31.1 Å². The molecule has 3 aromatic rings. The van der Waals surface area contributed by atoms with Gasteiger partial charge in [0.2, 0.25) is 0 Å². The van der Waals surface area contributed by atoms with Crippen LogP contribution < -0.4 is 0 Å². The van der Waals surface area contributed by atoms with Crippen LogP contribution in [-0.2, 0) is 17.9 Å². The number of rotatable bonds is 7. The van der Waals surface area contributed by atoms with Crippen molar-refractivity contribution in [3.05, 3.63) is 53.3 Å². The average Bonchev–Trinajstić information content (AvgIpc) is 3.29. The van der Waals surface area contributed by atoms with Gasteiger partial charge in [-0.1, -0.05) is 39.0 Å². The lowest BCUT2D eigenvalue weighted by molar-refractivity contribution is 0.174. The van der Waals surface area contributed by atoms with E-state index in [4.69, 9.17) is 21.3 Å². The molecule has 3 heterocycles. The van der Waals surface area contributed by atoms with Crippen molar-refractivity contribution in [2.75, 3.05) is 20.7 Å². The number of benzene rings is 1. The van der Waals surface area contributed by atoms with E-state index in [1.54, 1.807) is 7.11 Å². The van der Waals surface area contributed by atoms with Gasteiger partial charge in [-0.25, -0.2) is 4.98 Å². The molecule has 0 aliphatic carbocycles. The standard InChI is InChI=1S/C23H29ClN6O/c1-7-23(3,4)13-28(5)15(2)21-19-11-29-20(12-31-6)26-27-22(29)17-10-16(24)8-9-18(17)30(19)14-25-21/h8-10,14H,2,7,11-13H2,1,3-6H3. The molecule has 164 valence electrons. The first-order valence-electron chi connectivity index (χ1n) is 10.4. The van der Waals surface area contributed by atoms with E-state index in [0.29, 0.717) is 18.2 Å². The van der Waals surface area contributed by atoms with Crippen LogP contribution >= 0.6 is 11.6 Å². The van der Waals surface area contributed by atoms with Crippen molar-refractivity contribution in [2.24, 2.45) is 5.41 Å². The average molecular weight is 441 g/mol. The van der Waals surface area contributed by atoms with Gasteiger partial charge in [0.25, 0.3) is 0 Å². The first-order valence-corrected chi connectivity index (χ1v) is 10.8. The number of hydrogen-bond donors (Lipinski definition) is 0. The quantitative estimate of drug-likeness (QED) is 0.419. The van der Waals surface area contributed by atoms with E-state index in [2.05, 4.69) is 58.6 Å². The van der Waals surface area contributed by atoms with E-state index in [-0.39, 0.29) is 5.41 Å². The summed E-state index contributed by atoms with van der Waals surface area (Å²) < 4.78 is 9.54. The monoisotopic (exact) mass is 440 g/mol. The number of aromatic nitrogens is 5. The fraction of sp³-hybridized carbons (Fsp3) is 0.435. The Labute approximate surface area is 188 Å². The predicted octanol–water partition coefficient (Wildman–Crippen LogP) is 4.63. The number of ether oxygens (including phenoxy) is 1. The Balaban J connectivity index is 1.83. The summed E-state index contributed by atoms with van der Waals surface area (Å²) in [5.41, 5.74) is 4.88. The number of methoxy groups -OCH3 is 1. The zero-order valence-corrected chi connectivity index (χ0v) is 19.6. The van der Waals surface area contributed by atoms with Crippen LogP contribution in [0.3, 0.4) is 0 Å². The van der Waals surface area contributed by atoms with Crippen LogP contribution in [0, 0.1) is 5.41 Å². The Kier molecular flexibility index (Phi) is 5.66. The lowest BCUT2D eigenvalue weighted by Crippen LogP contribution is -2.30. The Morgan fingerprint density at radius 1 is 1.32 bits per heavy atom. The summed E-state index contributed by atoms with van der Waals surface area (Å²) in [4.78, 5) is 6.97. The summed E-state index contributed by atoms with van der Waals surface area (Å²) in [6.07, 6.45) is 2.95. The van der Waals surface area contributed by atoms with Gasteiger partial charge in [0.15, 0.2) is 11.6 Å². The summed E-state index contributed by atoms with van der Waals surface area (Å²) >= 11 is 6.34. The van der Waals surface area contributed by atoms with Crippen molar-refractivity contribution >= 4 is 17.3 Å². The molecule has 0 saturated heterocycles. The highest BCUT2D eigenvalue weighted by Gasteiger charge is 2.28. The van der Waals surface area contributed by atoms with Crippen molar-refractivity contribution in [3.63, 3.8) is 0 Å². The van der Waals surface area contributed by atoms with E-state index in [9.17, 15) is 0 Å². The zero-order valence-electron chi connectivity index (χ0n) is 18.8. The summed E-state index contributed by atoms with van der Waals surface area (Å²) in [5.74, 6) is 1.53. The highest BCUT2D eigenvalue weighted by Crippen LogP contribution is 2.36. The molecular weight excluding hydrogens is 412 g/mol. The van der Waals surface area contributed by atoms with Crippen LogP contribution in [0.25, 0.3) is 22.8 Å². The number of fused-ring (bicyclic) bond motifs is 5. The molecule has 0 N–H and O–H groups in total. The molecule has 0 saturated carbocycles. The second-order valence-electron chi connectivity index (χ2n) is 8.85. The molecule has 0 spiro atoms. The molecule has 4 rings (SSSR count). The maximum Gasteiger partial charge on any atom is 0.166 e. The zero-order chi connectivity index (χ0) is 22.3. The highest BCUT2D eigenvalue weighted by molar-refractivity contribution is 6.31. The Bertz CT molecular complexity index is 1130. The Hall–Kier alpha value is -2.64. The molecule has 1 aliphatic rings. The molecule has 1 aromatic carbocycles. The molecular formula is C23H29ClN6O. The van der Waals surface area contributed by atoms with Gasteiger partial charge in [0, 0.05) is 31.3 Å². The van der Waals surface area contributed by atoms with Crippen LogP contribution in [-0.4, -0.2) is 49.9 Å². The lowest BCUT2D eigenvalue weighted by Gasteiger charge is -2.31. The molecule has 1 aliphatic heterocycles. The third kappa shape index (κ3) is 3.88. The van der Waals surface area contributed by atoms with Crippen molar-refractivity contribution in [1.29, 1.82) is 0 Å². The predicted molar refractivity (Wildman–Crippen MR) is 123 cm³/mol. The van der Waals surface area contributed by atoms with Crippen LogP contribution in [0.1, 0.15) is 44.4 Å². The normalized spacial score (nSPS) is 12.7. The molecule has 0 fully saturated rings. The molecule has 0 radical (unpaired) electrons. The minimum Gasteiger partial charge on any atom is -0.377 e. The van der Waals surface area contributed by atoms with Gasteiger partial charge >= 0.3 is 0 Å². The molecule has 0 bridgehead atoms. The van der Waals surface area contributed by atoms with Crippen LogP contribution in [0.5, 0.6) is 0 Å². The van der Waals surface area contributed by atoms with Gasteiger partial charge in [-0.3, -0.25) is 4.57 Å². The molecule has 2 aromatic heterocycles. The van der Waals surface area contributed by atoms with E-state index in [1.807, 2.05) is 24.5 Å². The van der Waals surface area contributed by atoms with Gasteiger partial charge in [-0.15, -0.1) is 10.2 Å². The molecule has 31 heavy (non-hydrogen) atoms. The van der Waals surface area contributed by atoms with E-state index >= 15 is 0 Å². The molecule has 0 atom stereocenters. The summed E-state index contributed by atoms with van der Waals surface area (Å²) in [6, 6.07) is 5.81. The SMILES string of the molecule is C=C(c1ncn2c1Cn1c(COC)nnc1-c1cc(Cl)ccc1-2)N(C)CC(C)(C)CC. The summed E-state index contributed by atoms with van der Waals surface area (Å²) in [5, 5.41) is 9.47. The molecule has 8 heteroatoms. The van der Waals surface area contributed by atoms with Gasteiger partial charge in [-0.2, -0.15) is 0 Å². The van der Waals surface area contributed by atoms with Crippen LogP contribution in [0.4, 0.5) is 0 Å². The largest absolute Gasteiger partial charge is 0.377 e. The highest BCUT2D eigenvalue weighted by atomic mass is 35.5.